The topological polar surface area (TPSA) is 42.4 Å². The molecule has 0 bridgehead atoms. The zero-order chi connectivity index (χ0) is 13.0. The maximum absolute atomic E-state index is 9.82. The summed E-state index contributed by atoms with van der Waals surface area (Å²) >= 11 is 3.34. The summed E-state index contributed by atoms with van der Waals surface area (Å²) in [5.41, 5.74) is 1.25. The van der Waals surface area contributed by atoms with E-state index >= 15 is 0 Å². The molecule has 18 heavy (non-hydrogen) atoms. The van der Waals surface area contributed by atoms with E-state index in [1.54, 1.807) is 0 Å². The van der Waals surface area contributed by atoms with Crippen LogP contribution in [0.3, 0.4) is 0 Å². The smallest absolute Gasteiger partial charge is 0.157 e. The normalized spacial score (nSPS) is 28.9. The maximum atomic E-state index is 9.82. The molecule has 0 saturated carbocycles. The number of aromatic nitrogens is 1. The van der Waals surface area contributed by atoms with Crippen molar-refractivity contribution in [2.75, 3.05) is 6.61 Å². The minimum Gasteiger partial charge on any atom is -0.368 e. The van der Waals surface area contributed by atoms with E-state index in [9.17, 15) is 5.11 Å². The SMILES string of the molecule is CC1C(CCc2ccc(Br)nc2)CCCOC1O. The molecule has 1 aliphatic heterocycles. The van der Waals surface area contributed by atoms with Crippen molar-refractivity contribution in [1.82, 2.24) is 4.98 Å². The number of hydrogen-bond donors (Lipinski definition) is 1. The van der Waals surface area contributed by atoms with E-state index in [1.807, 2.05) is 12.3 Å². The Kier molecular flexibility index (Phi) is 5.15. The lowest BCUT2D eigenvalue weighted by molar-refractivity contribution is -0.130. The Hall–Kier alpha value is -0.450. The van der Waals surface area contributed by atoms with Crippen LogP contribution in [0.1, 0.15) is 31.7 Å². The third kappa shape index (κ3) is 3.77. The number of aliphatic hydroxyl groups is 1. The predicted molar refractivity (Wildman–Crippen MR) is 74.1 cm³/mol. The molecule has 3 atom stereocenters. The number of aliphatic hydroxyl groups excluding tert-OH is 1. The quantitative estimate of drug-likeness (QED) is 0.872. The molecule has 3 unspecified atom stereocenters. The van der Waals surface area contributed by atoms with Gasteiger partial charge >= 0.3 is 0 Å². The molecule has 3 nitrogen and oxygen atoms in total. The molecule has 1 aliphatic rings. The molecule has 1 aromatic rings. The number of halogens is 1. The summed E-state index contributed by atoms with van der Waals surface area (Å²) in [6.07, 6.45) is 5.61. The van der Waals surface area contributed by atoms with Gasteiger partial charge in [0, 0.05) is 18.7 Å². The number of hydrogen-bond acceptors (Lipinski definition) is 3. The van der Waals surface area contributed by atoms with Crippen LogP contribution in [0.25, 0.3) is 0 Å². The zero-order valence-electron chi connectivity index (χ0n) is 10.7. The van der Waals surface area contributed by atoms with Gasteiger partial charge in [0.15, 0.2) is 6.29 Å². The lowest BCUT2D eigenvalue weighted by Gasteiger charge is -2.24. The highest BCUT2D eigenvalue weighted by Gasteiger charge is 2.27. The van der Waals surface area contributed by atoms with Crippen LogP contribution in [-0.4, -0.2) is 23.0 Å². The second kappa shape index (κ2) is 6.64. The first kappa shape index (κ1) is 14.0. The van der Waals surface area contributed by atoms with E-state index < -0.39 is 6.29 Å². The molecule has 0 amide bonds. The van der Waals surface area contributed by atoms with Crippen LogP contribution < -0.4 is 0 Å². The van der Waals surface area contributed by atoms with Crippen LogP contribution in [0.4, 0.5) is 0 Å². The van der Waals surface area contributed by atoms with Gasteiger partial charge in [0.1, 0.15) is 4.60 Å². The predicted octanol–water partition coefficient (Wildman–Crippen LogP) is 3.16. The van der Waals surface area contributed by atoms with Gasteiger partial charge in [-0.25, -0.2) is 4.98 Å². The van der Waals surface area contributed by atoms with Crippen molar-refractivity contribution in [3.8, 4) is 0 Å². The van der Waals surface area contributed by atoms with Crippen LogP contribution in [-0.2, 0) is 11.2 Å². The van der Waals surface area contributed by atoms with Gasteiger partial charge in [0.05, 0.1) is 0 Å². The van der Waals surface area contributed by atoms with Crippen LogP contribution in [0.5, 0.6) is 0 Å². The molecule has 0 aromatic carbocycles. The molecular formula is C14H20BrNO2. The van der Waals surface area contributed by atoms with Gasteiger partial charge < -0.3 is 9.84 Å². The highest BCUT2D eigenvalue weighted by molar-refractivity contribution is 9.10. The van der Waals surface area contributed by atoms with E-state index in [2.05, 4.69) is 33.9 Å². The van der Waals surface area contributed by atoms with Gasteiger partial charge in [0.2, 0.25) is 0 Å². The highest BCUT2D eigenvalue weighted by atomic mass is 79.9. The first-order valence-electron chi connectivity index (χ1n) is 6.57. The fraction of sp³-hybridized carbons (Fsp3) is 0.643. The van der Waals surface area contributed by atoms with E-state index in [-0.39, 0.29) is 5.92 Å². The molecule has 2 rings (SSSR count). The number of rotatable bonds is 3. The lowest BCUT2D eigenvalue weighted by Crippen LogP contribution is -2.25. The second-order valence-electron chi connectivity index (χ2n) is 5.05. The van der Waals surface area contributed by atoms with Crippen molar-refractivity contribution in [2.45, 2.75) is 38.9 Å². The first-order chi connectivity index (χ1) is 8.66. The highest BCUT2D eigenvalue weighted by Crippen LogP contribution is 2.29. The van der Waals surface area contributed by atoms with Gasteiger partial charge in [0.25, 0.3) is 0 Å². The molecule has 100 valence electrons. The van der Waals surface area contributed by atoms with Crippen molar-refractivity contribution < 1.29 is 9.84 Å². The largest absolute Gasteiger partial charge is 0.368 e. The number of ether oxygens (including phenoxy) is 1. The molecular weight excluding hydrogens is 294 g/mol. The van der Waals surface area contributed by atoms with Gasteiger partial charge in [-0.15, -0.1) is 0 Å². The molecule has 0 radical (unpaired) electrons. The minimum atomic E-state index is -0.597. The Labute approximate surface area is 117 Å². The fourth-order valence-electron chi connectivity index (χ4n) is 2.51. The summed E-state index contributed by atoms with van der Waals surface area (Å²) in [6, 6.07) is 4.08. The van der Waals surface area contributed by atoms with E-state index in [1.165, 1.54) is 5.56 Å². The number of nitrogens with zero attached hydrogens (tertiary/aromatic N) is 1. The van der Waals surface area contributed by atoms with E-state index in [4.69, 9.17) is 4.74 Å². The summed E-state index contributed by atoms with van der Waals surface area (Å²) in [7, 11) is 0. The van der Waals surface area contributed by atoms with Gasteiger partial charge in [-0.1, -0.05) is 13.0 Å². The van der Waals surface area contributed by atoms with Gasteiger partial charge in [-0.3, -0.25) is 0 Å². The third-order valence-corrected chi connectivity index (χ3v) is 4.26. The van der Waals surface area contributed by atoms with E-state index in [0.717, 1.165) is 30.3 Å². The molecule has 4 heteroatoms. The Bertz CT molecular complexity index is 369. The van der Waals surface area contributed by atoms with Crippen molar-refractivity contribution in [1.29, 1.82) is 0 Å². The molecule has 1 N–H and O–H groups in total. The van der Waals surface area contributed by atoms with Crippen LogP contribution in [0.2, 0.25) is 0 Å². The zero-order valence-corrected chi connectivity index (χ0v) is 12.3. The third-order valence-electron chi connectivity index (χ3n) is 3.79. The second-order valence-corrected chi connectivity index (χ2v) is 5.86. The van der Waals surface area contributed by atoms with Crippen LogP contribution in [0, 0.1) is 11.8 Å². The fourth-order valence-corrected chi connectivity index (χ4v) is 2.75. The summed E-state index contributed by atoms with van der Waals surface area (Å²) in [6.45, 7) is 2.77. The summed E-state index contributed by atoms with van der Waals surface area (Å²) in [5.74, 6) is 0.752. The Morgan fingerprint density at radius 1 is 1.50 bits per heavy atom. The Morgan fingerprint density at radius 3 is 3.06 bits per heavy atom. The van der Waals surface area contributed by atoms with Gasteiger partial charge in [-0.2, -0.15) is 0 Å². The van der Waals surface area contributed by atoms with Crippen molar-refractivity contribution in [3.05, 3.63) is 28.5 Å². The van der Waals surface area contributed by atoms with Crippen molar-refractivity contribution in [3.63, 3.8) is 0 Å². The molecule has 1 aromatic heterocycles. The minimum absolute atomic E-state index is 0.218. The molecule has 0 spiro atoms. The first-order valence-corrected chi connectivity index (χ1v) is 7.36. The maximum Gasteiger partial charge on any atom is 0.157 e. The standard InChI is InChI=1S/C14H20BrNO2/c1-10-12(3-2-8-18-14(10)17)6-4-11-5-7-13(15)16-9-11/h5,7,9-10,12,14,17H,2-4,6,8H2,1H3. The lowest BCUT2D eigenvalue weighted by atomic mass is 9.85. The van der Waals surface area contributed by atoms with Crippen LogP contribution in [0.15, 0.2) is 22.9 Å². The van der Waals surface area contributed by atoms with Crippen LogP contribution >= 0.6 is 15.9 Å². The number of pyridine rings is 1. The number of aryl methyl sites for hydroxylation is 1. The molecule has 1 saturated heterocycles. The summed E-state index contributed by atoms with van der Waals surface area (Å²) < 4.78 is 6.22. The Morgan fingerprint density at radius 2 is 2.33 bits per heavy atom. The monoisotopic (exact) mass is 313 g/mol. The summed E-state index contributed by atoms with van der Waals surface area (Å²) in [4.78, 5) is 4.24. The average molecular weight is 314 g/mol. The van der Waals surface area contributed by atoms with Crippen molar-refractivity contribution >= 4 is 15.9 Å². The molecule has 2 heterocycles. The van der Waals surface area contributed by atoms with E-state index in [0.29, 0.717) is 12.5 Å². The average Bonchev–Trinajstić information content (AvgIpc) is 2.53. The molecule has 0 aliphatic carbocycles. The summed E-state index contributed by atoms with van der Waals surface area (Å²) in [5, 5.41) is 9.82. The Balaban J connectivity index is 1.90. The molecule has 1 fully saturated rings. The van der Waals surface area contributed by atoms with Crippen molar-refractivity contribution in [2.24, 2.45) is 11.8 Å². The van der Waals surface area contributed by atoms with Gasteiger partial charge in [-0.05, 0) is 59.2 Å².